The summed E-state index contributed by atoms with van der Waals surface area (Å²) in [5.41, 5.74) is 2.25. The Balaban J connectivity index is 2.42. The minimum Gasteiger partial charge on any atom is -0.355 e. The van der Waals surface area contributed by atoms with E-state index in [1.807, 2.05) is 25.1 Å². The van der Waals surface area contributed by atoms with E-state index in [1.165, 1.54) is 5.56 Å². The van der Waals surface area contributed by atoms with Gasteiger partial charge in [-0.15, -0.1) is 0 Å². The molecule has 0 unspecified atom stereocenters. The molecule has 90 valence electrons. The van der Waals surface area contributed by atoms with E-state index in [1.54, 1.807) is 14.2 Å². The molecule has 4 heteroatoms. The zero-order valence-electron chi connectivity index (χ0n) is 9.92. The van der Waals surface area contributed by atoms with E-state index >= 15 is 0 Å². The first-order chi connectivity index (χ1) is 7.67. The number of methoxy groups -OCH3 is 2. The highest BCUT2D eigenvalue weighted by atomic mass is 35.5. The average molecular weight is 244 g/mol. The summed E-state index contributed by atoms with van der Waals surface area (Å²) in [4.78, 5) is 0. The minimum absolute atomic E-state index is 0.218. The van der Waals surface area contributed by atoms with Gasteiger partial charge in [0.2, 0.25) is 0 Å². The fourth-order valence-corrected chi connectivity index (χ4v) is 1.69. The average Bonchev–Trinajstić information content (AvgIpc) is 2.27. The lowest BCUT2D eigenvalue weighted by atomic mass is 10.1. The van der Waals surface area contributed by atoms with Crippen molar-refractivity contribution in [3.8, 4) is 0 Å². The molecule has 0 bridgehead atoms. The number of benzene rings is 1. The summed E-state index contributed by atoms with van der Waals surface area (Å²) in [5.74, 6) is 0. The molecule has 0 spiro atoms. The lowest BCUT2D eigenvalue weighted by Crippen LogP contribution is -2.29. The minimum atomic E-state index is -0.218. The van der Waals surface area contributed by atoms with E-state index < -0.39 is 0 Å². The van der Waals surface area contributed by atoms with E-state index in [9.17, 15) is 0 Å². The van der Waals surface area contributed by atoms with Crippen LogP contribution in [-0.4, -0.2) is 27.1 Å². The normalized spacial score (nSPS) is 11.1. The number of nitrogens with one attached hydrogen (secondary N) is 1. The Morgan fingerprint density at radius 3 is 2.56 bits per heavy atom. The van der Waals surface area contributed by atoms with Crippen LogP contribution in [0, 0.1) is 6.92 Å². The van der Waals surface area contributed by atoms with Crippen molar-refractivity contribution < 1.29 is 9.47 Å². The molecule has 1 aromatic rings. The van der Waals surface area contributed by atoms with E-state index in [2.05, 4.69) is 5.32 Å². The van der Waals surface area contributed by atoms with Crippen molar-refractivity contribution in [1.29, 1.82) is 0 Å². The van der Waals surface area contributed by atoms with Crippen LogP contribution in [0.4, 0.5) is 0 Å². The molecule has 1 N–H and O–H groups in total. The SMILES string of the molecule is COC(CNCc1ccc(C)cc1Cl)OC. The molecule has 1 rings (SSSR count). The van der Waals surface area contributed by atoms with Crippen LogP contribution in [0.1, 0.15) is 11.1 Å². The predicted octanol–water partition coefficient (Wildman–Crippen LogP) is 2.36. The van der Waals surface area contributed by atoms with Crippen LogP contribution in [0.3, 0.4) is 0 Å². The first kappa shape index (κ1) is 13.5. The van der Waals surface area contributed by atoms with Crippen molar-refractivity contribution in [2.75, 3.05) is 20.8 Å². The number of aryl methyl sites for hydroxylation is 1. The van der Waals surface area contributed by atoms with Crippen LogP contribution < -0.4 is 5.32 Å². The van der Waals surface area contributed by atoms with E-state index in [-0.39, 0.29) is 6.29 Å². The first-order valence-electron chi connectivity index (χ1n) is 5.18. The van der Waals surface area contributed by atoms with Gasteiger partial charge in [-0.3, -0.25) is 0 Å². The molecule has 0 aromatic heterocycles. The second kappa shape index (κ2) is 6.86. The van der Waals surface area contributed by atoms with Crippen LogP contribution in [0.2, 0.25) is 5.02 Å². The Labute approximate surface area is 102 Å². The molecular weight excluding hydrogens is 226 g/mol. The zero-order chi connectivity index (χ0) is 12.0. The lowest BCUT2D eigenvalue weighted by molar-refractivity contribution is -0.0989. The summed E-state index contributed by atoms with van der Waals surface area (Å²) in [5, 5.41) is 4.02. The summed E-state index contributed by atoms with van der Waals surface area (Å²) in [7, 11) is 3.24. The first-order valence-corrected chi connectivity index (χ1v) is 5.56. The number of halogens is 1. The number of rotatable bonds is 6. The standard InChI is InChI=1S/C12H18ClNO2/c1-9-4-5-10(11(13)6-9)7-14-8-12(15-2)16-3/h4-6,12,14H,7-8H2,1-3H3. The van der Waals surface area contributed by atoms with Crippen molar-refractivity contribution in [2.45, 2.75) is 19.8 Å². The maximum Gasteiger partial charge on any atom is 0.169 e. The Kier molecular flexibility index (Phi) is 5.77. The van der Waals surface area contributed by atoms with Gasteiger partial charge >= 0.3 is 0 Å². The van der Waals surface area contributed by atoms with Gasteiger partial charge in [0, 0.05) is 32.3 Å². The van der Waals surface area contributed by atoms with E-state index in [0.29, 0.717) is 13.1 Å². The van der Waals surface area contributed by atoms with Crippen molar-refractivity contribution in [2.24, 2.45) is 0 Å². The molecule has 0 atom stereocenters. The van der Waals surface area contributed by atoms with Crippen LogP contribution in [0.25, 0.3) is 0 Å². The Hall–Kier alpha value is -0.610. The number of ether oxygens (including phenoxy) is 2. The highest BCUT2D eigenvalue weighted by molar-refractivity contribution is 6.31. The van der Waals surface area contributed by atoms with Crippen molar-refractivity contribution >= 4 is 11.6 Å². The predicted molar refractivity (Wildman–Crippen MR) is 65.7 cm³/mol. The van der Waals surface area contributed by atoms with Gasteiger partial charge in [0.05, 0.1) is 0 Å². The Bertz CT molecular complexity index is 327. The fourth-order valence-electron chi connectivity index (χ4n) is 1.38. The number of hydrogen-bond acceptors (Lipinski definition) is 3. The molecule has 0 radical (unpaired) electrons. The maximum absolute atomic E-state index is 6.11. The Morgan fingerprint density at radius 1 is 1.31 bits per heavy atom. The second-order valence-electron chi connectivity index (χ2n) is 3.63. The molecule has 0 fully saturated rings. The van der Waals surface area contributed by atoms with Crippen LogP contribution in [0.15, 0.2) is 18.2 Å². The highest BCUT2D eigenvalue weighted by Crippen LogP contribution is 2.17. The molecule has 0 saturated heterocycles. The quantitative estimate of drug-likeness (QED) is 0.778. The molecule has 3 nitrogen and oxygen atoms in total. The smallest absolute Gasteiger partial charge is 0.169 e. The molecule has 0 amide bonds. The van der Waals surface area contributed by atoms with Crippen molar-refractivity contribution in [3.63, 3.8) is 0 Å². The fraction of sp³-hybridized carbons (Fsp3) is 0.500. The molecule has 0 aliphatic rings. The molecule has 16 heavy (non-hydrogen) atoms. The van der Waals surface area contributed by atoms with E-state index in [0.717, 1.165) is 10.6 Å². The van der Waals surface area contributed by atoms with Crippen LogP contribution >= 0.6 is 11.6 Å². The van der Waals surface area contributed by atoms with Crippen molar-refractivity contribution in [3.05, 3.63) is 34.3 Å². The topological polar surface area (TPSA) is 30.5 Å². The lowest BCUT2D eigenvalue weighted by Gasteiger charge is -2.14. The van der Waals surface area contributed by atoms with Gasteiger partial charge < -0.3 is 14.8 Å². The van der Waals surface area contributed by atoms with Crippen LogP contribution in [-0.2, 0) is 16.0 Å². The van der Waals surface area contributed by atoms with Gasteiger partial charge in [0.15, 0.2) is 6.29 Å². The third kappa shape index (κ3) is 4.10. The third-order valence-electron chi connectivity index (χ3n) is 2.36. The molecule has 0 aliphatic heterocycles. The largest absolute Gasteiger partial charge is 0.355 e. The van der Waals surface area contributed by atoms with Crippen LogP contribution in [0.5, 0.6) is 0 Å². The summed E-state index contributed by atoms with van der Waals surface area (Å²) < 4.78 is 10.1. The van der Waals surface area contributed by atoms with Gasteiger partial charge in [-0.1, -0.05) is 23.7 Å². The van der Waals surface area contributed by atoms with Crippen molar-refractivity contribution in [1.82, 2.24) is 5.32 Å². The third-order valence-corrected chi connectivity index (χ3v) is 2.71. The molecule has 0 aliphatic carbocycles. The van der Waals surface area contributed by atoms with E-state index in [4.69, 9.17) is 21.1 Å². The molecule has 1 aromatic carbocycles. The van der Waals surface area contributed by atoms with Gasteiger partial charge in [-0.2, -0.15) is 0 Å². The van der Waals surface area contributed by atoms with Gasteiger partial charge in [-0.25, -0.2) is 0 Å². The second-order valence-corrected chi connectivity index (χ2v) is 4.03. The highest BCUT2D eigenvalue weighted by Gasteiger charge is 2.05. The molecule has 0 heterocycles. The zero-order valence-corrected chi connectivity index (χ0v) is 10.7. The molecular formula is C12H18ClNO2. The Morgan fingerprint density at radius 2 is 2.00 bits per heavy atom. The summed E-state index contributed by atoms with van der Waals surface area (Å²) in [6, 6.07) is 6.04. The monoisotopic (exact) mass is 243 g/mol. The number of hydrogen-bond donors (Lipinski definition) is 1. The summed E-state index contributed by atoms with van der Waals surface area (Å²) >= 11 is 6.11. The summed E-state index contributed by atoms with van der Waals surface area (Å²) in [6.45, 7) is 3.37. The van der Waals surface area contributed by atoms with Gasteiger partial charge in [-0.05, 0) is 24.1 Å². The maximum atomic E-state index is 6.11. The molecule has 0 saturated carbocycles. The summed E-state index contributed by atoms with van der Waals surface area (Å²) in [6.07, 6.45) is -0.218. The van der Waals surface area contributed by atoms with Gasteiger partial charge in [0.25, 0.3) is 0 Å². The van der Waals surface area contributed by atoms with Gasteiger partial charge in [0.1, 0.15) is 0 Å².